The molecule has 1 aromatic rings. The summed E-state index contributed by atoms with van der Waals surface area (Å²) in [6.45, 7) is 7.15. The van der Waals surface area contributed by atoms with Crippen molar-refractivity contribution in [2.45, 2.75) is 51.4 Å². The molecule has 2 nitrogen and oxygen atoms in total. The van der Waals surface area contributed by atoms with Crippen molar-refractivity contribution in [1.82, 2.24) is 10.6 Å². The van der Waals surface area contributed by atoms with Gasteiger partial charge in [0, 0.05) is 0 Å². The summed E-state index contributed by atoms with van der Waals surface area (Å²) in [5.74, 6) is 1.84. The topological polar surface area (TPSA) is 24.1 Å². The molecule has 0 aromatic heterocycles. The molecule has 0 radical (unpaired) electrons. The smallest absolute Gasteiger partial charge is 0.00431 e. The molecule has 0 atom stereocenters. The standard InChI is InChI=1S/C11H15N.C8H17N/c1-2-4-10(5-3-1)11-6-8-12-9-7-11;1-2-3-8-4-6-9-7-5-8/h1-5,11-12H,6-9H2;8-9H,2-7H2,1H3. The molecule has 2 saturated heterocycles. The number of nitrogens with one attached hydrogen (secondary N) is 2. The van der Waals surface area contributed by atoms with Gasteiger partial charge in [0.05, 0.1) is 0 Å². The Bertz CT molecular complexity index is 348. The first-order valence-corrected chi connectivity index (χ1v) is 8.86. The summed E-state index contributed by atoms with van der Waals surface area (Å²) in [5, 5.41) is 6.76. The maximum Gasteiger partial charge on any atom is -0.00431 e. The summed E-state index contributed by atoms with van der Waals surface area (Å²) in [6.07, 6.45) is 8.22. The van der Waals surface area contributed by atoms with Crippen molar-refractivity contribution in [3.8, 4) is 0 Å². The zero-order chi connectivity index (χ0) is 14.8. The van der Waals surface area contributed by atoms with E-state index in [0.29, 0.717) is 0 Å². The zero-order valence-electron chi connectivity index (χ0n) is 13.6. The van der Waals surface area contributed by atoms with Crippen LogP contribution in [0.5, 0.6) is 0 Å². The Morgan fingerprint density at radius 1 is 0.857 bits per heavy atom. The summed E-state index contributed by atoms with van der Waals surface area (Å²) in [6, 6.07) is 10.9. The Hall–Kier alpha value is -0.860. The monoisotopic (exact) mass is 288 g/mol. The Morgan fingerprint density at radius 3 is 2.00 bits per heavy atom. The second-order valence-corrected chi connectivity index (χ2v) is 6.42. The van der Waals surface area contributed by atoms with Crippen LogP contribution in [0, 0.1) is 5.92 Å². The van der Waals surface area contributed by atoms with Gasteiger partial charge < -0.3 is 10.6 Å². The van der Waals surface area contributed by atoms with Crippen molar-refractivity contribution in [3.63, 3.8) is 0 Å². The Morgan fingerprint density at radius 2 is 1.43 bits per heavy atom. The van der Waals surface area contributed by atoms with Gasteiger partial charge in [-0.2, -0.15) is 0 Å². The molecule has 0 saturated carbocycles. The van der Waals surface area contributed by atoms with Crippen LogP contribution < -0.4 is 10.6 Å². The normalized spacial score (nSPS) is 20.6. The van der Waals surface area contributed by atoms with Gasteiger partial charge in [-0.1, -0.05) is 50.1 Å². The van der Waals surface area contributed by atoms with Crippen LogP contribution in [-0.2, 0) is 0 Å². The van der Waals surface area contributed by atoms with Crippen LogP contribution in [0.2, 0.25) is 0 Å². The molecule has 2 heterocycles. The predicted octanol–water partition coefficient (Wildman–Crippen LogP) is 3.94. The molecular weight excluding hydrogens is 256 g/mol. The fourth-order valence-corrected chi connectivity index (χ4v) is 3.46. The van der Waals surface area contributed by atoms with Gasteiger partial charge in [-0.05, 0) is 69.3 Å². The zero-order valence-corrected chi connectivity index (χ0v) is 13.6. The molecule has 1 aromatic carbocycles. The molecule has 0 bridgehead atoms. The minimum Gasteiger partial charge on any atom is -0.317 e. The van der Waals surface area contributed by atoms with Crippen molar-refractivity contribution in [2.75, 3.05) is 26.2 Å². The molecular formula is C19H32N2. The van der Waals surface area contributed by atoms with Crippen LogP contribution in [0.15, 0.2) is 30.3 Å². The average Bonchev–Trinajstić information content (AvgIpc) is 2.58. The van der Waals surface area contributed by atoms with Crippen LogP contribution in [0.25, 0.3) is 0 Å². The fraction of sp³-hybridized carbons (Fsp3) is 0.684. The molecule has 0 amide bonds. The van der Waals surface area contributed by atoms with Crippen molar-refractivity contribution in [2.24, 2.45) is 5.92 Å². The molecule has 21 heavy (non-hydrogen) atoms. The molecule has 0 aliphatic carbocycles. The third-order valence-corrected chi connectivity index (χ3v) is 4.77. The third-order valence-electron chi connectivity index (χ3n) is 4.77. The number of benzene rings is 1. The van der Waals surface area contributed by atoms with Crippen LogP contribution in [0.3, 0.4) is 0 Å². The van der Waals surface area contributed by atoms with Crippen molar-refractivity contribution >= 4 is 0 Å². The van der Waals surface area contributed by atoms with Crippen LogP contribution in [0.1, 0.15) is 56.9 Å². The van der Waals surface area contributed by atoms with Gasteiger partial charge in [-0.15, -0.1) is 0 Å². The Kier molecular flexibility index (Phi) is 7.83. The highest BCUT2D eigenvalue weighted by molar-refractivity contribution is 5.19. The number of rotatable bonds is 3. The van der Waals surface area contributed by atoms with E-state index in [4.69, 9.17) is 0 Å². The molecule has 3 rings (SSSR count). The van der Waals surface area contributed by atoms with E-state index in [1.165, 1.54) is 70.3 Å². The SMILES string of the molecule is CCCC1CCNCC1.c1ccc(C2CCNCC2)cc1. The van der Waals surface area contributed by atoms with E-state index < -0.39 is 0 Å². The minimum absolute atomic E-state index is 0.799. The first kappa shape index (κ1) is 16.5. The molecule has 0 unspecified atom stereocenters. The summed E-state index contributed by atoms with van der Waals surface area (Å²) >= 11 is 0. The lowest BCUT2D eigenvalue weighted by Crippen LogP contribution is -2.27. The van der Waals surface area contributed by atoms with Crippen molar-refractivity contribution < 1.29 is 0 Å². The first-order valence-electron chi connectivity index (χ1n) is 8.86. The molecule has 2 heteroatoms. The first-order chi connectivity index (χ1) is 10.4. The summed E-state index contributed by atoms with van der Waals surface area (Å²) in [5.41, 5.74) is 1.51. The average molecular weight is 288 g/mol. The molecule has 0 spiro atoms. The molecule has 2 aliphatic heterocycles. The Balaban J connectivity index is 0.000000161. The largest absolute Gasteiger partial charge is 0.317 e. The van der Waals surface area contributed by atoms with Crippen molar-refractivity contribution in [3.05, 3.63) is 35.9 Å². The molecule has 118 valence electrons. The number of piperidine rings is 2. The molecule has 2 aliphatic rings. The highest BCUT2D eigenvalue weighted by atomic mass is 14.9. The van der Waals surface area contributed by atoms with Gasteiger partial charge in [0.2, 0.25) is 0 Å². The van der Waals surface area contributed by atoms with E-state index in [9.17, 15) is 0 Å². The van der Waals surface area contributed by atoms with Crippen molar-refractivity contribution in [1.29, 1.82) is 0 Å². The summed E-state index contributed by atoms with van der Waals surface area (Å²) in [4.78, 5) is 0. The third kappa shape index (κ3) is 6.19. The predicted molar refractivity (Wildman–Crippen MR) is 91.8 cm³/mol. The number of hydrogen-bond donors (Lipinski definition) is 2. The Labute approximate surface area is 130 Å². The van der Waals surface area contributed by atoms with E-state index in [-0.39, 0.29) is 0 Å². The fourth-order valence-electron chi connectivity index (χ4n) is 3.46. The van der Waals surface area contributed by atoms with Gasteiger partial charge in [-0.3, -0.25) is 0 Å². The van der Waals surface area contributed by atoms with E-state index in [2.05, 4.69) is 47.9 Å². The van der Waals surface area contributed by atoms with Gasteiger partial charge in [0.1, 0.15) is 0 Å². The van der Waals surface area contributed by atoms with E-state index in [1.54, 1.807) is 0 Å². The summed E-state index contributed by atoms with van der Waals surface area (Å²) < 4.78 is 0. The van der Waals surface area contributed by atoms with Crippen LogP contribution >= 0.6 is 0 Å². The lowest BCUT2D eigenvalue weighted by Gasteiger charge is -2.22. The second kappa shape index (κ2) is 9.97. The van der Waals surface area contributed by atoms with Gasteiger partial charge >= 0.3 is 0 Å². The van der Waals surface area contributed by atoms with Crippen LogP contribution in [-0.4, -0.2) is 26.2 Å². The van der Waals surface area contributed by atoms with Crippen LogP contribution in [0.4, 0.5) is 0 Å². The maximum atomic E-state index is 3.38. The van der Waals surface area contributed by atoms with E-state index in [1.807, 2.05) is 0 Å². The quantitative estimate of drug-likeness (QED) is 0.880. The van der Waals surface area contributed by atoms with Gasteiger partial charge in [0.25, 0.3) is 0 Å². The van der Waals surface area contributed by atoms with E-state index >= 15 is 0 Å². The lowest BCUT2D eigenvalue weighted by atomic mass is 9.90. The number of hydrogen-bond acceptors (Lipinski definition) is 2. The highest BCUT2D eigenvalue weighted by Gasteiger charge is 2.13. The molecule has 2 fully saturated rings. The van der Waals surface area contributed by atoms with Gasteiger partial charge in [0.15, 0.2) is 0 Å². The maximum absolute atomic E-state index is 3.38. The second-order valence-electron chi connectivity index (χ2n) is 6.42. The summed E-state index contributed by atoms with van der Waals surface area (Å²) in [7, 11) is 0. The minimum atomic E-state index is 0.799. The van der Waals surface area contributed by atoms with E-state index in [0.717, 1.165) is 11.8 Å². The molecule has 2 N–H and O–H groups in total. The van der Waals surface area contributed by atoms with Gasteiger partial charge in [-0.25, -0.2) is 0 Å². The highest BCUT2D eigenvalue weighted by Crippen LogP contribution is 2.24. The lowest BCUT2D eigenvalue weighted by molar-refractivity contribution is 0.351.